The number of rotatable bonds is 4. The van der Waals surface area contributed by atoms with Crippen LogP contribution in [0, 0.1) is 6.92 Å². The molecule has 0 saturated carbocycles. The highest BCUT2D eigenvalue weighted by atomic mass is 16.5. The molecule has 0 spiro atoms. The van der Waals surface area contributed by atoms with E-state index in [1.807, 2.05) is 13.0 Å². The summed E-state index contributed by atoms with van der Waals surface area (Å²) < 4.78 is 11.3. The zero-order valence-corrected chi connectivity index (χ0v) is 13.7. The Morgan fingerprint density at radius 2 is 1.84 bits per heavy atom. The maximum absolute atomic E-state index is 10.2. The van der Waals surface area contributed by atoms with Crippen molar-refractivity contribution in [2.45, 2.75) is 37.4 Å². The average molecular weight is 347 g/mol. The van der Waals surface area contributed by atoms with Gasteiger partial charge in [0.15, 0.2) is 0 Å². The first-order valence-corrected chi connectivity index (χ1v) is 8.00. The van der Waals surface area contributed by atoms with E-state index in [0.717, 1.165) is 5.69 Å². The molecule has 0 radical (unpaired) electrons. The lowest BCUT2D eigenvalue weighted by molar-refractivity contribution is -0.231. The lowest BCUT2D eigenvalue weighted by Crippen LogP contribution is -2.55. The average Bonchev–Trinajstić information content (AvgIpc) is 2.62. The summed E-state index contributed by atoms with van der Waals surface area (Å²) in [6.45, 7) is 1.41. The van der Waals surface area contributed by atoms with Crippen molar-refractivity contribution in [3.8, 4) is 11.5 Å². The smallest absolute Gasteiger partial charge is 0.145 e. The summed E-state index contributed by atoms with van der Waals surface area (Å²) >= 11 is 0. The molecule has 1 aromatic carbocycles. The highest BCUT2D eigenvalue weighted by molar-refractivity contribution is 5.35. The normalized spacial score (nSPS) is 29.4. The largest absolute Gasteiger partial charge is 0.456 e. The number of pyridine rings is 1. The molecule has 1 fully saturated rings. The number of hydrogen-bond donors (Lipinski definition) is 4. The van der Waals surface area contributed by atoms with E-state index >= 15 is 0 Å². The van der Waals surface area contributed by atoms with E-state index < -0.39 is 37.1 Å². The number of aromatic nitrogens is 1. The Morgan fingerprint density at radius 3 is 2.52 bits per heavy atom. The number of hydrogen-bond acceptors (Lipinski definition) is 7. The molecular weight excluding hydrogens is 326 g/mol. The van der Waals surface area contributed by atoms with Gasteiger partial charge in [0.25, 0.3) is 0 Å². The molecule has 1 saturated heterocycles. The summed E-state index contributed by atoms with van der Waals surface area (Å²) in [6, 6.07) is 10.5. The van der Waals surface area contributed by atoms with Gasteiger partial charge in [0.2, 0.25) is 0 Å². The highest BCUT2D eigenvalue weighted by Crippen LogP contribution is 2.34. The number of benzene rings is 1. The molecule has 2 unspecified atom stereocenters. The standard InChI is InChI=1S/C18H21NO6/c1-10-5-6-13(8-19-10)24-12-4-2-3-11(7-12)18-17(23)16(22)15(21)14(9-20)25-18/h2-8,14-18,20-23H,9H2,1H3/t14-,15-,16?,17+,18?/m1/s1. The quantitative estimate of drug-likeness (QED) is 0.644. The molecule has 25 heavy (non-hydrogen) atoms. The Hall–Kier alpha value is -2.03. The number of ether oxygens (including phenoxy) is 2. The van der Waals surface area contributed by atoms with Gasteiger partial charge in [0, 0.05) is 5.69 Å². The van der Waals surface area contributed by atoms with Crippen molar-refractivity contribution >= 4 is 0 Å². The van der Waals surface area contributed by atoms with Crippen LogP contribution in [0.4, 0.5) is 0 Å². The van der Waals surface area contributed by atoms with Crippen LogP contribution in [0.3, 0.4) is 0 Å². The Labute approximate surface area is 145 Å². The summed E-state index contributed by atoms with van der Waals surface area (Å²) in [7, 11) is 0. The van der Waals surface area contributed by atoms with Gasteiger partial charge in [-0.2, -0.15) is 0 Å². The molecule has 5 atom stereocenters. The Bertz CT molecular complexity index is 705. The Kier molecular flexibility index (Phi) is 5.31. The van der Waals surface area contributed by atoms with Crippen LogP contribution in [0.15, 0.2) is 42.6 Å². The van der Waals surface area contributed by atoms with Crippen molar-refractivity contribution < 1.29 is 29.9 Å². The van der Waals surface area contributed by atoms with Gasteiger partial charge >= 0.3 is 0 Å². The Balaban J connectivity index is 1.81. The Morgan fingerprint density at radius 1 is 1.04 bits per heavy atom. The highest BCUT2D eigenvalue weighted by Gasteiger charge is 2.43. The zero-order chi connectivity index (χ0) is 18.0. The molecule has 1 aromatic heterocycles. The van der Waals surface area contributed by atoms with E-state index in [4.69, 9.17) is 9.47 Å². The fourth-order valence-corrected chi connectivity index (χ4v) is 2.78. The predicted molar refractivity (Wildman–Crippen MR) is 88.2 cm³/mol. The summed E-state index contributed by atoms with van der Waals surface area (Å²) in [4.78, 5) is 4.16. The topological polar surface area (TPSA) is 112 Å². The SMILES string of the molecule is Cc1ccc(Oc2cccc(C3O[C@H](CO)[C@@H](O)C(O)[C@@H]3O)c2)cn1. The zero-order valence-electron chi connectivity index (χ0n) is 13.7. The van der Waals surface area contributed by atoms with Crippen LogP contribution in [0.5, 0.6) is 11.5 Å². The molecule has 7 nitrogen and oxygen atoms in total. The second-order valence-corrected chi connectivity index (χ2v) is 6.06. The molecule has 3 rings (SSSR count). The van der Waals surface area contributed by atoms with Gasteiger partial charge in [-0.05, 0) is 36.8 Å². The van der Waals surface area contributed by atoms with Gasteiger partial charge in [-0.15, -0.1) is 0 Å². The fourth-order valence-electron chi connectivity index (χ4n) is 2.78. The lowest BCUT2D eigenvalue weighted by Gasteiger charge is -2.40. The van der Waals surface area contributed by atoms with Gasteiger partial charge in [-0.25, -0.2) is 0 Å². The minimum Gasteiger partial charge on any atom is -0.456 e. The maximum atomic E-state index is 10.2. The number of nitrogens with zero attached hydrogens (tertiary/aromatic N) is 1. The van der Waals surface area contributed by atoms with Crippen molar-refractivity contribution in [1.82, 2.24) is 4.98 Å². The molecule has 7 heteroatoms. The molecule has 0 amide bonds. The van der Waals surface area contributed by atoms with Crippen molar-refractivity contribution in [1.29, 1.82) is 0 Å². The first-order valence-electron chi connectivity index (χ1n) is 8.00. The molecule has 2 aromatic rings. The minimum atomic E-state index is -1.42. The van der Waals surface area contributed by atoms with E-state index in [1.54, 1.807) is 36.5 Å². The van der Waals surface area contributed by atoms with E-state index in [2.05, 4.69) is 4.98 Å². The third-order valence-corrected chi connectivity index (χ3v) is 4.20. The van der Waals surface area contributed by atoms with Crippen molar-refractivity contribution in [3.05, 3.63) is 53.9 Å². The third-order valence-electron chi connectivity index (χ3n) is 4.20. The summed E-state index contributed by atoms with van der Waals surface area (Å²) in [5.74, 6) is 1.08. The number of aliphatic hydroxyl groups is 4. The van der Waals surface area contributed by atoms with Crippen LogP contribution in [-0.4, -0.2) is 56.4 Å². The number of aliphatic hydroxyl groups excluding tert-OH is 4. The van der Waals surface area contributed by atoms with E-state index in [0.29, 0.717) is 17.1 Å². The van der Waals surface area contributed by atoms with Gasteiger partial charge in [0.1, 0.15) is 42.0 Å². The molecule has 0 bridgehead atoms. The molecular formula is C18H21NO6. The van der Waals surface area contributed by atoms with Crippen LogP contribution < -0.4 is 4.74 Å². The first-order chi connectivity index (χ1) is 12.0. The first kappa shape index (κ1) is 17.8. The van der Waals surface area contributed by atoms with E-state index in [1.165, 1.54) is 0 Å². The molecule has 4 N–H and O–H groups in total. The summed E-state index contributed by atoms with van der Waals surface area (Å²) in [5, 5.41) is 39.3. The lowest BCUT2D eigenvalue weighted by atomic mass is 9.91. The second-order valence-electron chi connectivity index (χ2n) is 6.06. The van der Waals surface area contributed by atoms with Crippen LogP contribution in [0.25, 0.3) is 0 Å². The van der Waals surface area contributed by atoms with E-state index in [9.17, 15) is 20.4 Å². The van der Waals surface area contributed by atoms with E-state index in [-0.39, 0.29) is 0 Å². The fraction of sp³-hybridized carbons (Fsp3) is 0.389. The monoisotopic (exact) mass is 347 g/mol. The maximum Gasteiger partial charge on any atom is 0.145 e. The van der Waals surface area contributed by atoms with Crippen LogP contribution in [0.2, 0.25) is 0 Å². The van der Waals surface area contributed by atoms with Gasteiger partial charge < -0.3 is 29.9 Å². The predicted octanol–water partition coefficient (Wildman–Crippen LogP) is 0.697. The van der Waals surface area contributed by atoms with Gasteiger partial charge in [-0.3, -0.25) is 4.98 Å². The summed E-state index contributed by atoms with van der Waals surface area (Å²) in [6.07, 6.45) is -4.36. The van der Waals surface area contributed by atoms with Crippen LogP contribution >= 0.6 is 0 Å². The molecule has 2 heterocycles. The van der Waals surface area contributed by atoms with Crippen LogP contribution in [-0.2, 0) is 4.74 Å². The van der Waals surface area contributed by atoms with Gasteiger partial charge in [0.05, 0.1) is 12.8 Å². The number of aryl methyl sites for hydroxylation is 1. The van der Waals surface area contributed by atoms with Crippen molar-refractivity contribution in [2.24, 2.45) is 0 Å². The third kappa shape index (κ3) is 3.81. The van der Waals surface area contributed by atoms with Crippen LogP contribution in [0.1, 0.15) is 17.4 Å². The molecule has 134 valence electrons. The molecule has 1 aliphatic heterocycles. The second kappa shape index (κ2) is 7.47. The van der Waals surface area contributed by atoms with Gasteiger partial charge in [-0.1, -0.05) is 12.1 Å². The van der Waals surface area contributed by atoms with Crippen molar-refractivity contribution in [3.63, 3.8) is 0 Å². The molecule has 0 aliphatic carbocycles. The summed E-state index contributed by atoms with van der Waals surface area (Å²) in [5.41, 5.74) is 1.44. The molecule has 1 aliphatic rings. The minimum absolute atomic E-state index is 0.466. The van der Waals surface area contributed by atoms with Crippen molar-refractivity contribution in [2.75, 3.05) is 6.61 Å².